The number of fused-ring (bicyclic) bond motifs is 1. The van der Waals surface area contributed by atoms with Crippen LogP contribution in [0.2, 0.25) is 0 Å². The molecule has 152 valence electrons. The molecule has 2 aromatic heterocycles. The molecule has 1 aromatic carbocycles. The molecule has 0 saturated heterocycles. The number of hydrogen-bond acceptors (Lipinski definition) is 4. The average Bonchev–Trinajstić information content (AvgIpc) is 3.10. The minimum absolute atomic E-state index is 0. The van der Waals surface area contributed by atoms with E-state index in [0.29, 0.717) is 35.7 Å². The number of benzene rings is 1. The van der Waals surface area contributed by atoms with Gasteiger partial charge in [0, 0.05) is 37.8 Å². The molecule has 0 bridgehead atoms. The lowest BCUT2D eigenvalue weighted by Crippen LogP contribution is -2.32. The molecule has 6 nitrogen and oxygen atoms in total. The summed E-state index contributed by atoms with van der Waals surface area (Å²) in [5.41, 5.74) is 1.81. The van der Waals surface area contributed by atoms with Gasteiger partial charge in [0.05, 0.1) is 5.39 Å². The fraction of sp³-hybridized carbons (Fsp3) is 0.381. The standard InChI is InChI=1S/C18H20FN5O.C3H8.H2/c1-11(2)18(25)21-8-7-20-16-15-13(9-22-17(15)24-10-23-16)12-5-3-4-6-14(12)19;1-3-2;/h3-6,9-11H,7-8H2,1-2H3,(H,21,25)(H2,20,22,23,24);3H2,1-2H3;1H. The number of amides is 1. The van der Waals surface area contributed by atoms with Crippen LogP contribution in [0.4, 0.5) is 10.2 Å². The van der Waals surface area contributed by atoms with E-state index in [2.05, 4.69) is 39.4 Å². The number of anilines is 1. The van der Waals surface area contributed by atoms with Crippen LogP contribution in [0, 0.1) is 11.7 Å². The molecular weight excluding hydrogens is 357 g/mol. The Kier molecular flexibility index (Phi) is 7.92. The van der Waals surface area contributed by atoms with Gasteiger partial charge in [-0.2, -0.15) is 0 Å². The van der Waals surface area contributed by atoms with E-state index in [-0.39, 0.29) is 19.1 Å². The quantitative estimate of drug-likeness (QED) is 0.539. The number of hydrogen-bond donors (Lipinski definition) is 3. The van der Waals surface area contributed by atoms with E-state index < -0.39 is 0 Å². The van der Waals surface area contributed by atoms with Crippen molar-refractivity contribution < 1.29 is 10.6 Å². The zero-order valence-corrected chi connectivity index (χ0v) is 16.8. The molecule has 3 aromatic rings. The van der Waals surface area contributed by atoms with E-state index in [1.807, 2.05) is 13.8 Å². The van der Waals surface area contributed by atoms with Crippen LogP contribution in [0.3, 0.4) is 0 Å². The van der Waals surface area contributed by atoms with Crippen molar-refractivity contribution in [3.8, 4) is 11.1 Å². The molecule has 0 unspecified atom stereocenters. The Morgan fingerprint density at radius 1 is 1.18 bits per heavy atom. The fourth-order valence-electron chi connectivity index (χ4n) is 2.56. The van der Waals surface area contributed by atoms with Gasteiger partial charge in [-0.15, -0.1) is 0 Å². The van der Waals surface area contributed by atoms with E-state index in [1.165, 1.54) is 18.8 Å². The summed E-state index contributed by atoms with van der Waals surface area (Å²) < 4.78 is 14.2. The summed E-state index contributed by atoms with van der Waals surface area (Å²) >= 11 is 0. The van der Waals surface area contributed by atoms with Gasteiger partial charge >= 0.3 is 0 Å². The third kappa shape index (κ3) is 5.28. The predicted molar refractivity (Wildman–Crippen MR) is 114 cm³/mol. The first-order chi connectivity index (χ1) is 13.5. The molecule has 0 saturated carbocycles. The molecule has 0 aliphatic carbocycles. The Morgan fingerprint density at radius 2 is 1.89 bits per heavy atom. The Hall–Kier alpha value is -2.96. The van der Waals surface area contributed by atoms with Crippen LogP contribution < -0.4 is 10.6 Å². The van der Waals surface area contributed by atoms with Crippen molar-refractivity contribution in [2.24, 2.45) is 5.92 Å². The van der Waals surface area contributed by atoms with Gasteiger partial charge in [0.2, 0.25) is 5.91 Å². The van der Waals surface area contributed by atoms with Gasteiger partial charge in [-0.05, 0) is 6.07 Å². The van der Waals surface area contributed by atoms with Gasteiger partial charge in [-0.3, -0.25) is 4.79 Å². The zero-order chi connectivity index (χ0) is 20.5. The summed E-state index contributed by atoms with van der Waals surface area (Å²) in [4.78, 5) is 23.1. The van der Waals surface area contributed by atoms with E-state index in [1.54, 1.807) is 24.4 Å². The third-order valence-electron chi connectivity index (χ3n) is 3.87. The number of H-pyrrole nitrogens is 1. The molecule has 0 spiro atoms. The molecule has 28 heavy (non-hydrogen) atoms. The summed E-state index contributed by atoms with van der Waals surface area (Å²) in [6.45, 7) is 8.92. The summed E-state index contributed by atoms with van der Waals surface area (Å²) in [7, 11) is 0. The number of carbonyl (C=O) groups is 1. The molecule has 0 aliphatic rings. The van der Waals surface area contributed by atoms with Crippen LogP contribution in [0.25, 0.3) is 22.2 Å². The second kappa shape index (κ2) is 10.4. The molecule has 3 N–H and O–H groups in total. The SMILES string of the molecule is CC(C)C(=O)NCCNc1ncnc2[nH]cc(-c3ccccc3F)c12.CCC.[HH]. The summed E-state index contributed by atoms with van der Waals surface area (Å²) in [6.07, 6.45) is 4.42. The largest absolute Gasteiger partial charge is 0.368 e. The first kappa shape index (κ1) is 21.3. The van der Waals surface area contributed by atoms with Crippen LogP contribution in [-0.2, 0) is 4.79 Å². The second-order valence-electron chi connectivity index (χ2n) is 6.71. The average molecular weight is 388 g/mol. The van der Waals surface area contributed by atoms with Crippen LogP contribution in [0.15, 0.2) is 36.8 Å². The first-order valence-corrected chi connectivity index (χ1v) is 9.58. The molecule has 7 heteroatoms. The van der Waals surface area contributed by atoms with Crippen molar-refractivity contribution >= 4 is 22.8 Å². The molecule has 0 fully saturated rings. The summed E-state index contributed by atoms with van der Waals surface area (Å²) in [6, 6.07) is 6.58. The maximum atomic E-state index is 14.2. The highest BCUT2D eigenvalue weighted by atomic mass is 19.1. The van der Waals surface area contributed by atoms with Crippen LogP contribution in [0.1, 0.15) is 35.5 Å². The fourth-order valence-corrected chi connectivity index (χ4v) is 2.56. The number of nitrogens with zero attached hydrogens (tertiary/aromatic N) is 2. The number of nitrogens with one attached hydrogen (secondary N) is 3. The zero-order valence-electron chi connectivity index (χ0n) is 16.8. The van der Waals surface area contributed by atoms with Crippen molar-refractivity contribution in [3.05, 3.63) is 42.6 Å². The van der Waals surface area contributed by atoms with Crippen molar-refractivity contribution in [2.75, 3.05) is 18.4 Å². The van der Waals surface area contributed by atoms with E-state index >= 15 is 0 Å². The van der Waals surface area contributed by atoms with Gasteiger partial charge in [0.15, 0.2) is 0 Å². The lowest BCUT2D eigenvalue weighted by molar-refractivity contribution is -0.123. The van der Waals surface area contributed by atoms with Gasteiger partial charge in [-0.25, -0.2) is 14.4 Å². The molecule has 0 aliphatic heterocycles. The Balaban J connectivity index is 0.000000990. The minimum Gasteiger partial charge on any atom is -0.368 e. The maximum Gasteiger partial charge on any atom is 0.222 e. The van der Waals surface area contributed by atoms with E-state index in [0.717, 1.165) is 5.39 Å². The van der Waals surface area contributed by atoms with Crippen molar-refractivity contribution in [3.63, 3.8) is 0 Å². The second-order valence-corrected chi connectivity index (χ2v) is 6.71. The van der Waals surface area contributed by atoms with E-state index in [4.69, 9.17) is 0 Å². The normalized spacial score (nSPS) is 10.5. The van der Waals surface area contributed by atoms with Crippen LogP contribution in [0.5, 0.6) is 0 Å². The minimum atomic E-state index is -0.303. The number of halogens is 1. The highest BCUT2D eigenvalue weighted by molar-refractivity contribution is 6.00. The predicted octanol–water partition coefficient (Wildman–Crippen LogP) is 4.61. The van der Waals surface area contributed by atoms with Gasteiger partial charge < -0.3 is 15.6 Å². The molecule has 0 atom stereocenters. The van der Waals surface area contributed by atoms with E-state index in [9.17, 15) is 9.18 Å². The molecule has 1 amide bonds. The Labute approximate surface area is 166 Å². The van der Waals surface area contributed by atoms with Gasteiger partial charge in [-0.1, -0.05) is 52.3 Å². The first-order valence-electron chi connectivity index (χ1n) is 9.58. The number of rotatable bonds is 6. The smallest absolute Gasteiger partial charge is 0.222 e. The summed E-state index contributed by atoms with van der Waals surface area (Å²) in [5, 5.41) is 6.75. The van der Waals surface area contributed by atoms with Crippen molar-refractivity contribution in [1.82, 2.24) is 20.3 Å². The number of aromatic nitrogens is 3. The molecule has 2 heterocycles. The van der Waals surface area contributed by atoms with Gasteiger partial charge in [0.1, 0.15) is 23.6 Å². The Morgan fingerprint density at radius 3 is 2.57 bits per heavy atom. The van der Waals surface area contributed by atoms with Crippen molar-refractivity contribution in [1.29, 1.82) is 0 Å². The molecule has 0 radical (unpaired) electrons. The molecule has 3 rings (SSSR count). The van der Waals surface area contributed by atoms with Crippen LogP contribution in [-0.4, -0.2) is 33.9 Å². The number of aromatic amines is 1. The lowest BCUT2D eigenvalue weighted by atomic mass is 10.1. The molecular formula is C21H30FN5O. The summed E-state index contributed by atoms with van der Waals surface area (Å²) in [5.74, 6) is 0.247. The number of carbonyl (C=O) groups excluding carboxylic acids is 1. The third-order valence-corrected chi connectivity index (χ3v) is 3.87. The lowest BCUT2D eigenvalue weighted by Gasteiger charge is -2.10. The van der Waals surface area contributed by atoms with Crippen LogP contribution >= 0.6 is 0 Å². The topological polar surface area (TPSA) is 82.7 Å². The maximum absolute atomic E-state index is 14.2. The highest BCUT2D eigenvalue weighted by Gasteiger charge is 2.15. The highest BCUT2D eigenvalue weighted by Crippen LogP contribution is 2.33. The monoisotopic (exact) mass is 387 g/mol. The van der Waals surface area contributed by atoms with Crippen molar-refractivity contribution in [2.45, 2.75) is 34.1 Å². The van der Waals surface area contributed by atoms with Gasteiger partial charge in [0.25, 0.3) is 0 Å². The Bertz CT molecular complexity index is 913.